The van der Waals surface area contributed by atoms with Gasteiger partial charge in [0, 0.05) is 26.8 Å². The number of benzene rings is 1. The molecule has 0 unspecified atom stereocenters. The lowest BCUT2D eigenvalue weighted by molar-refractivity contribution is 0.0698. The second kappa shape index (κ2) is 15.5. The van der Waals surface area contributed by atoms with E-state index >= 15 is 0 Å². The molecule has 6 nitrogen and oxygen atoms in total. The Balaban J connectivity index is 0.00000529. The predicted octanol–water partition coefficient (Wildman–Crippen LogP) is 2.42. The summed E-state index contributed by atoms with van der Waals surface area (Å²) in [6, 6.07) is 7.94. The number of nitrogens with one attached hydrogen (secondary N) is 2. The van der Waals surface area contributed by atoms with Crippen LogP contribution in [0.4, 0.5) is 0 Å². The van der Waals surface area contributed by atoms with Crippen LogP contribution in [-0.4, -0.2) is 53.1 Å². The predicted molar refractivity (Wildman–Crippen MR) is 109 cm³/mol. The maximum absolute atomic E-state index is 5.43. The van der Waals surface area contributed by atoms with Crippen molar-refractivity contribution in [1.29, 1.82) is 0 Å². The quantitative estimate of drug-likeness (QED) is 0.234. The fraction of sp³-hybridized carbons (Fsp3) is 0.588. The number of nitrogens with zero attached hydrogens (tertiary/aromatic N) is 1. The van der Waals surface area contributed by atoms with Crippen molar-refractivity contribution in [3.63, 3.8) is 0 Å². The molecule has 0 atom stereocenters. The van der Waals surface area contributed by atoms with Crippen LogP contribution in [0.3, 0.4) is 0 Å². The summed E-state index contributed by atoms with van der Waals surface area (Å²) in [5.41, 5.74) is 1.14. The van der Waals surface area contributed by atoms with E-state index in [1.807, 2.05) is 24.3 Å². The van der Waals surface area contributed by atoms with Crippen LogP contribution in [0.15, 0.2) is 29.3 Å². The number of halogens is 1. The monoisotopic (exact) mass is 451 g/mol. The smallest absolute Gasteiger partial charge is 0.191 e. The second-order valence-corrected chi connectivity index (χ2v) is 4.93. The molecule has 2 N–H and O–H groups in total. The van der Waals surface area contributed by atoms with Gasteiger partial charge in [0.1, 0.15) is 5.75 Å². The molecule has 7 heteroatoms. The van der Waals surface area contributed by atoms with Gasteiger partial charge in [-0.05, 0) is 31.0 Å². The van der Waals surface area contributed by atoms with Crippen LogP contribution in [0.5, 0.6) is 5.75 Å². The summed E-state index contributed by atoms with van der Waals surface area (Å²) < 4.78 is 15.5. The molecule has 0 aliphatic rings. The molecule has 0 saturated carbocycles. The zero-order valence-electron chi connectivity index (χ0n) is 14.8. The molecule has 0 heterocycles. The zero-order chi connectivity index (χ0) is 16.8. The SMILES string of the molecule is CCNC(=NCc1ccc(OC)cc1)NCCCOCCOC.I. The summed E-state index contributed by atoms with van der Waals surface area (Å²) in [6.45, 7) is 6.33. The van der Waals surface area contributed by atoms with Gasteiger partial charge in [-0.1, -0.05) is 12.1 Å². The van der Waals surface area contributed by atoms with E-state index < -0.39 is 0 Å². The maximum atomic E-state index is 5.43. The van der Waals surface area contributed by atoms with Crippen LogP contribution in [0.1, 0.15) is 18.9 Å². The van der Waals surface area contributed by atoms with E-state index in [0.29, 0.717) is 26.4 Å². The molecule has 24 heavy (non-hydrogen) atoms. The first kappa shape index (κ1) is 22.9. The van der Waals surface area contributed by atoms with Crippen LogP contribution in [0.2, 0.25) is 0 Å². The minimum Gasteiger partial charge on any atom is -0.497 e. The van der Waals surface area contributed by atoms with Crippen LogP contribution in [-0.2, 0) is 16.0 Å². The molecule has 138 valence electrons. The molecule has 1 rings (SSSR count). The standard InChI is InChI=1S/C17H29N3O3.HI/c1-4-18-17(19-10-5-11-23-13-12-21-2)20-14-15-6-8-16(22-3)9-7-15;/h6-9H,4-5,10-14H2,1-3H3,(H2,18,19,20);1H. The summed E-state index contributed by atoms with van der Waals surface area (Å²) in [6.07, 6.45) is 0.927. The number of methoxy groups -OCH3 is 2. The number of rotatable bonds is 11. The van der Waals surface area contributed by atoms with Crippen molar-refractivity contribution in [2.45, 2.75) is 19.9 Å². The van der Waals surface area contributed by atoms with E-state index in [2.05, 4.69) is 22.5 Å². The van der Waals surface area contributed by atoms with Crippen LogP contribution in [0.25, 0.3) is 0 Å². The summed E-state index contributed by atoms with van der Waals surface area (Å²) in [4.78, 5) is 4.58. The van der Waals surface area contributed by atoms with Gasteiger partial charge in [0.05, 0.1) is 26.9 Å². The fourth-order valence-corrected chi connectivity index (χ4v) is 1.87. The Morgan fingerprint density at radius 1 is 1.04 bits per heavy atom. The third-order valence-electron chi connectivity index (χ3n) is 3.11. The topological polar surface area (TPSA) is 64.1 Å². The first-order valence-electron chi connectivity index (χ1n) is 8.02. The van der Waals surface area contributed by atoms with Gasteiger partial charge in [-0.25, -0.2) is 4.99 Å². The van der Waals surface area contributed by atoms with Crippen molar-refractivity contribution >= 4 is 29.9 Å². The van der Waals surface area contributed by atoms with Gasteiger partial charge in [-0.2, -0.15) is 0 Å². The average molecular weight is 451 g/mol. The molecule has 0 fully saturated rings. The lowest BCUT2D eigenvalue weighted by Gasteiger charge is -2.11. The van der Waals surface area contributed by atoms with Crippen molar-refractivity contribution in [3.05, 3.63) is 29.8 Å². The highest BCUT2D eigenvalue weighted by Gasteiger charge is 1.98. The molecule has 0 aliphatic heterocycles. The number of hydrogen-bond acceptors (Lipinski definition) is 4. The first-order valence-corrected chi connectivity index (χ1v) is 8.02. The summed E-state index contributed by atoms with van der Waals surface area (Å²) >= 11 is 0. The lowest BCUT2D eigenvalue weighted by atomic mass is 10.2. The molecular weight excluding hydrogens is 421 g/mol. The second-order valence-electron chi connectivity index (χ2n) is 4.93. The van der Waals surface area contributed by atoms with Gasteiger partial charge in [-0.3, -0.25) is 0 Å². The zero-order valence-corrected chi connectivity index (χ0v) is 17.2. The van der Waals surface area contributed by atoms with Crippen molar-refractivity contribution in [2.24, 2.45) is 4.99 Å². The van der Waals surface area contributed by atoms with Crippen molar-refractivity contribution in [3.8, 4) is 5.75 Å². The van der Waals surface area contributed by atoms with E-state index in [0.717, 1.165) is 36.8 Å². The fourth-order valence-electron chi connectivity index (χ4n) is 1.87. The van der Waals surface area contributed by atoms with Gasteiger partial charge in [0.2, 0.25) is 0 Å². The summed E-state index contributed by atoms with van der Waals surface area (Å²) in [5.74, 6) is 1.68. The van der Waals surface area contributed by atoms with E-state index in [4.69, 9.17) is 14.2 Å². The molecule has 0 radical (unpaired) electrons. The number of aliphatic imine (C=N–C) groups is 1. The van der Waals surface area contributed by atoms with E-state index in [-0.39, 0.29) is 24.0 Å². The van der Waals surface area contributed by atoms with Crippen molar-refractivity contribution in [2.75, 3.05) is 47.1 Å². The van der Waals surface area contributed by atoms with E-state index in [1.54, 1.807) is 14.2 Å². The van der Waals surface area contributed by atoms with Crippen LogP contribution >= 0.6 is 24.0 Å². The molecule has 0 saturated heterocycles. The van der Waals surface area contributed by atoms with Gasteiger partial charge in [0.15, 0.2) is 5.96 Å². The molecule has 1 aromatic rings. The van der Waals surface area contributed by atoms with Gasteiger partial charge >= 0.3 is 0 Å². The minimum absolute atomic E-state index is 0. The number of hydrogen-bond donors (Lipinski definition) is 2. The highest BCUT2D eigenvalue weighted by molar-refractivity contribution is 14.0. The van der Waals surface area contributed by atoms with Crippen molar-refractivity contribution < 1.29 is 14.2 Å². The molecular formula is C17H30IN3O3. The Kier molecular flexibility index (Phi) is 14.8. The Bertz CT molecular complexity index is 441. The first-order chi connectivity index (χ1) is 11.3. The Hall–Kier alpha value is -1.06. The Morgan fingerprint density at radius 3 is 2.42 bits per heavy atom. The Labute approximate surface area is 162 Å². The molecule has 0 aromatic heterocycles. The van der Waals surface area contributed by atoms with Crippen LogP contribution in [0, 0.1) is 0 Å². The van der Waals surface area contributed by atoms with Gasteiger partial charge in [0.25, 0.3) is 0 Å². The molecule has 0 bridgehead atoms. The number of ether oxygens (including phenoxy) is 3. The molecule has 0 aliphatic carbocycles. The molecule has 0 spiro atoms. The van der Waals surface area contributed by atoms with Crippen molar-refractivity contribution in [1.82, 2.24) is 10.6 Å². The summed E-state index contributed by atoms with van der Waals surface area (Å²) in [7, 11) is 3.34. The minimum atomic E-state index is 0. The summed E-state index contributed by atoms with van der Waals surface area (Å²) in [5, 5.41) is 6.55. The lowest BCUT2D eigenvalue weighted by Crippen LogP contribution is -2.38. The third-order valence-corrected chi connectivity index (χ3v) is 3.11. The largest absolute Gasteiger partial charge is 0.497 e. The van der Waals surface area contributed by atoms with E-state index in [9.17, 15) is 0 Å². The van der Waals surface area contributed by atoms with E-state index in [1.165, 1.54) is 0 Å². The van der Waals surface area contributed by atoms with Gasteiger partial charge < -0.3 is 24.8 Å². The van der Waals surface area contributed by atoms with Gasteiger partial charge in [-0.15, -0.1) is 24.0 Å². The van der Waals surface area contributed by atoms with Crippen LogP contribution < -0.4 is 15.4 Å². The number of guanidine groups is 1. The highest BCUT2D eigenvalue weighted by atomic mass is 127. The normalized spacial score (nSPS) is 10.9. The molecule has 1 aromatic carbocycles. The molecule has 0 amide bonds. The maximum Gasteiger partial charge on any atom is 0.191 e. The third kappa shape index (κ3) is 10.7. The average Bonchev–Trinajstić information content (AvgIpc) is 2.59. The Morgan fingerprint density at radius 2 is 1.79 bits per heavy atom. The highest BCUT2D eigenvalue weighted by Crippen LogP contribution is 2.11.